The van der Waals surface area contributed by atoms with Crippen molar-refractivity contribution < 1.29 is 17.9 Å². The maximum absolute atomic E-state index is 12.1. The molecule has 1 aromatic carbocycles. The van der Waals surface area contributed by atoms with E-state index in [1.54, 1.807) is 12.1 Å². The molecule has 16 heavy (non-hydrogen) atoms. The summed E-state index contributed by atoms with van der Waals surface area (Å²) in [6.45, 7) is 0.760. The van der Waals surface area contributed by atoms with Gasteiger partial charge in [0.25, 0.3) is 0 Å². The van der Waals surface area contributed by atoms with Gasteiger partial charge in [0.05, 0.1) is 6.61 Å². The normalized spacial score (nSPS) is 13.8. The third kappa shape index (κ3) is 3.57. The van der Waals surface area contributed by atoms with Crippen LogP contribution in [-0.2, 0) is 11.3 Å². The van der Waals surface area contributed by atoms with Crippen LogP contribution in [0.15, 0.2) is 18.2 Å². The Morgan fingerprint density at radius 1 is 1.44 bits per heavy atom. The summed E-state index contributed by atoms with van der Waals surface area (Å²) < 4.78 is 41.1. The molecule has 0 radical (unpaired) electrons. The number of anilines is 1. The maximum Gasteiger partial charge on any atom is 0.414 e. The maximum atomic E-state index is 12.1. The number of alkyl halides is 3. The van der Waals surface area contributed by atoms with E-state index in [0.29, 0.717) is 16.3 Å². The van der Waals surface area contributed by atoms with Gasteiger partial charge in [0.2, 0.25) is 0 Å². The molecule has 1 unspecified atom stereocenters. The van der Waals surface area contributed by atoms with Crippen molar-refractivity contribution in [3.05, 3.63) is 28.8 Å². The fourth-order valence-electron chi connectivity index (χ4n) is 1.01. The largest absolute Gasteiger partial charge is 0.414 e. The van der Waals surface area contributed by atoms with Crippen LogP contribution in [0.1, 0.15) is 12.5 Å². The lowest BCUT2D eigenvalue weighted by Crippen LogP contribution is -2.28. The molecule has 0 heterocycles. The zero-order valence-electron chi connectivity index (χ0n) is 8.51. The van der Waals surface area contributed by atoms with Gasteiger partial charge in [0.1, 0.15) is 0 Å². The van der Waals surface area contributed by atoms with Gasteiger partial charge >= 0.3 is 6.18 Å². The van der Waals surface area contributed by atoms with E-state index >= 15 is 0 Å². The van der Waals surface area contributed by atoms with E-state index in [4.69, 9.17) is 17.3 Å². The molecule has 1 aromatic rings. The monoisotopic (exact) mass is 253 g/mol. The van der Waals surface area contributed by atoms with Crippen LogP contribution in [0.25, 0.3) is 0 Å². The van der Waals surface area contributed by atoms with Crippen LogP contribution in [0.2, 0.25) is 5.02 Å². The first-order valence-corrected chi connectivity index (χ1v) is 4.90. The van der Waals surface area contributed by atoms with Gasteiger partial charge < -0.3 is 10.5 Å². The van der Waals surface area contributed by atoms with Crippen molar-refractivity contribution in [2.45, 2.75) is 25.8 Å². The van der Waals surface area contributed by atoms with Crippen molar-refractivity contribution in [3.8, 4) is 0 Å². The van der Waals surface area contributed by atoms with E-state index in [0.717, 1.165) is 6.92 Å². The highest BCUT2D eigenvalue weighted by molar-refractivity contribution is 6.30. The summed E-state index contributed by atoms with van der Waals surface area (Å²) >= 11 is 5.65. The Hall–Kier alpha value is -0.940. The van der Waals surface area contributed by atoms with Crippen LogP contribution < -0.4 is 5.73 Å². The minimum Gasteiger partial charge on any atom is -0.398 e. The van der Waals surface area contributed by atoms with E-state index in [-0.39, 0.29) is 6.61 Å². The number of nitrogen functional groups attached to an aromatic ring is 1. The average Bonchev–Trinajstić information content (AvgIpc) is 2.14. The Balaban J connectivity index is 2.62. The first kappa shape index (κ1) is 13.1. The highest BCUT2D eigenvalue weighted by Crippen LogP contribution is 2.25. The minimum atomic E-state index is -4.36. The third-order valence-electron chi connectivity index (χ3n) is 2.06. The summed E-state index contributed by atoms with van der Waals surface area (Å²) in [5, 5.41) is 0.435. The first-order chi connectivity index (χ1) is 7.30. The number of hydrogen-bond donors (Lipinski definition) is 1. The molecular formula is C10H11ClF3NO. The lowest BCUT2D eigenvalue weighted by Gasteiger charge is -2.17. The molecule has 2 N–H and O–H groups in total. The van der Waals surface area contributed by atoms with Crippen LogP contribution >= 0.6 is 11.6 Å². The average molecular weight is 254 g/mol. The Kier molecular flexibility index (Phi) is 4.04. The van der Waals surface area contributed by atoms with Gasteiger partial charge in [-0.2, -0.15) is 13.2 Å². The Labute approximate surface area is 96.1 Å². The van der Waals surface area contributed by atoms with Crippen LogP contribution in [0.3, 0.4) is 0 Å². The summed E-state index contributed by atoms with van der Waals surface area (Å²) in [5.41, 5.74) is 6.38. The molecule has 0 aliphatic heterocycles. The molecule has 0 saturated heterocycles. The zero-order chi connectivity index (χ0) is 12.3. The molecule has 0 saturated carbocycles. The highest BCUT2D eigenvalue weighted by atomic mass is 35.5. The van der Waals surface area contributed by atoms with Crippen molar-refractivity contribution in [2.75, 3.05) is 5.73 Å². The molecule has 0 fully saturated rings. The van der Waals surface area contributed by atoms with Gasteiger partial charge in [-0.25, -0.2) is 0 Å². The van der Waals surface area contributed by atoms with Crippen LogP contribution in [0, 0.1) is 0 Å². The minimum absolute atomic E-state index is 0.191. The molecule has 0 amide bonds. The fourth-order valence-corrected chi connectivity index (χ4v) is 1.19. The molecule has 0 spiro atoms. The molecule has 2 nitrogen and oxygen atoms in total. The van der Waals surface area contributed by atoms with Crippen molar-refractivity contribution in [2.24, 2.45) is 0 Å². The van der Waals surface area contributed by atoms with Gasteiger partial charge in [-0.15, -0.1) is 0 Å². The lowest BCUT2D eigenvalue weighted by molar-refractivity contribution is -0.217. The van der Waals surface area contributed by atoms with Gasteiger partial charge in [-0.3, -0.25) is 0 Å². The van der Waals surface area contributed by atoms with Crippen molar-refractivity contribution in [1.82, 2.24) is 0 Å². The molecule has 1 rings (SSSR count). The molecule has 0 aliphatic rings. The smallest absolute Gasteiger partial charge is 0.398 e. The second-order valence-electron chi connectivity index (χ2n) is 3.34. The fraction of sp³-hybridized carbons (Fsp3) is 0.400. The third-order valence-corrected chi connectivity index (χ3v) is 2.29. The number of halogens is 4. The van der Waals surface area contributed by atoms with Crippen molar-refractivity contribution in [3.63, 3.8) is 0 Å². The number of hydrogen-bond acceptors (Lipinski definition) is 2. The Bertz CT molecular complexity index is 368. The van der Waals surface area contributed by atoms with Crippen molar-refractivity contribution in [1.29, 1.82) is 0 Å². The molecule has 90 valence electrons. The number of rotatable bonds is 3. The predicted molar refractivity (Wildman–Crippen MR) is 56.2 cm³/mol. The zero-order valence-corrected chi connectivity index (χ0v) is 9.27. The van der Waals surface area contributed by atoms with Gasteiger partial charge in [-0.05, 0) is 19.1 Å². The summed E-state index contributed by atoms with van der Waals surface area (Å²) in [6.07, 6.45) is -6.18. The van der Waals surface area contributed by atoms with E-state index in [2.05, 4.69) is 4.74 Å². The van der Waals surface area contributed by atoms with E-state index in [1.165, 1.54) is 6.07 Å². The summed E-state index contributed by atoms with van der Waals surface area (Å²) in [7, 11) is 0. The topological polar surface area (TPSA) is 35.2 Å². The number of nitrogens with two attached hydrogens (primary N) is 1. The lowest BCUT2D eigenvalue weighted by atomic mass is 10.2. The molecule has 0 aliphatic carbocycles. The number of ether oxygens (including phenoxy) is 1. The quantitative estimate of drug-likeness (QED) is 0.838. The molecule has 6 heteroatoms. The second kappa shape index (κ2) is 4.93. The van der Waals surface area contributed by atoms with E-state index in [1.807, 2.05) is 0 Å². The Morgan fingerprint density at radius 3 is 2.56 bits per heavy atom. The van der Waals surface area contributed by atoms with Gasteiger partial charge in [0, 0.05) is 16.3 Å². The second-order valence-corrected chi connectivity index (χ2v) is 3.77. The molecule has 0 bridgehead atoms. The van der Waals surface area contributed by atoms with Crippen LogP contribution in [-0.4, -0.2) is 12.3 Å². The van der Waals surface area contributed by atoms with E-state index in [9.17, 15) is 13.2 Å². The predicted octanol–water partition coefficient (Wildman–Crippen LogP) is 3.39. The molecule has 1 atom stereocenters. The molecular weight excluding hydrogens is 243 g/mol. The van der Waals surface area contributed by atoms with Crippen molar-refractivity contribution >= 4 is 17.3 Å². The van der Waals surface area contributed by atoms with Crippen LogP contribution in [0.4, 0.5) is 18.9 Å². The standard InChI is InChI=1S/C10H11ClF3NO/c1-6(10(12,13)14)16-5-7-2-3-8(11)4-9(7)15/h2-4,6H,5,15H2,1H3. The molecule has 0 aromatic heterocycles. The SMILES string of the molecule is CC(OCc1ccc(Cl)cc1N)C(F)(F)F. The van der Waals surface area contributed by atoms with Crippen LogP contribution in [0.5, 0.6) is 0 Å². The first-order valence-electron chi connectivity index (χ1n) is 4.53. The van der Waals surface area contributed by atoms with Gasteiger partial charge in [-0.1, -0.05) is 17.7 Å². The summed E-state index contributed by atoms with van der Waals surface area (Å²) in [4.78, 5) is 0. The highest BCUT2D eigenvalue weighted by Gasteiger charge is 2.36. The summed E-state index contributed by atoms with van der Waals surface area (Å²) in [5.74, 6) is 0. The number of benzene rings is 1. The Morgan fingerprint density at radius 2 is 2.06 bits per heavy atom. The van der Waals surface area contributed by atoms with E-state index < -0.39 is 12.3 Å². The van der Waals surface area contributed by atoms with Gasteiger partial charge in [0.15, 0.2) is 6.10 Å². The summed E-state index contributed by atoms with van der Waals surface area (Å²) in [6, 6.07) is 4.56.